The summed E-state index contributed by atoms with van der Waals surface area (Å²) in [6.45, 7) is 1.89. The summed E-state index contributed by atoms with van der Waals surface area (Å²) in [6.07, 6.45) is 4.15. The largest absolute Gasteiger partial charge is 0.496 e. The van der Waals surface area contributed by atoms with E-state index >= 15 is 0 Å². The molecular formula is C21H30ClNO2. The molecule has 138 valence electrons. The minimum absolute atomic E-state index is 0. The maximum absolute atomic E-state index is 6.01. The molecule has 0 radical (unpaired) electrons. The predicted octanol–water partition coefficient (Wildman–Crippen LogP) is 4.62. The molecule has 4 heteroatoms. The number of nitrogens with zero attached hydrogens (tertiary/aromatic N) is 1. The van der Waals surface area contributed by atoms with E-state index in [1.807, 2.05) is 18.2 Å². The van der Waals surface area contributed by atoms with Crippen molar-refractivity contribution in [2.24, 2.45) is 0 Å². The van der Waals surface area contributed by atoms with E-state index in [9.17, 15) is 0 Å². The van der Waals surface area contributed by atoms with Crippen molar-refractivity contribution in [1.82, 2.24) is 4.90 Å². The van der Waals surface area contributed by atoms with E-state index in [-0.39, 0.29) is 12.4 Å². The Morgan fingerprint density at radius 2 is 1.36 bits per heavy atom. The molecule has 0 saturated heterocycles. The minimum Gasteiger partial charge on any atom is -0.496 e. The zero-order valence-electron chi connectivity index (χ0n) is 15.5. The summed E-state index contributed by atoms with van der Waals surface area (Å²) in [5.74, 6) is 1.97. The summed E-state index contributed by atoms with van der Waals surface area (Å²) in [5.41, 5.74) is 2.50. The summed E-state index contributed by atoms with van der Waals surface area (Å²) >= 11 is 0. The van der Waals surface area contributed by atoms with Crippen LogP contribution in [-0.4, -0.2) is 39.3 Å². The first-order chi connectivity index (χ1) is 11.7. The molecule has 0 atom stereocenters. The number of benzene rings is 2. The molecule has 0 N–H and O–H groups in total. The van der Waals surface area contributed by atoms with Gasteiger partial charge in [-0.05, 0) is 69.6 Å². The molecule has 2 aromatic carbocycles. The van der Waals surface area contributed by atoms with Crippen LogP contribution in [0.1, 0.15) is 24.0 Å². The summed E-state index contributed by atoms with van der Waals surface area (Å²) in [4.78, 5) is 2.21. The summed E-state index contributed by atoms with van der Waals surface area (Å²) < 4.78 is 11.5. The Hall–Kier alpha value is -1.71. The first kappa shape index (κ1) is 21.3. The first-order valence-electron chi connectivity index (χ1n) is 8.68. The number of para-hydroxylation sites is 2. The number of halogens is 1. The molecule has 0 aliphatic heterocycles. The summed E-state index contributed by atoms with van der Waals surface area (Å²) in [6, 6.07) is 16.6. The van der Waals surface area contributed by atoms with E-state index in [4.69, 9.17) is 9.47 Å². The highest BCUT2D eigenvalue weighted by Gasteiger charge is 2.06. The number of methoxy groups -OCH3 is 1. The van der Waals surface area contributed by atoms with E-state index in [1.54, 1.807) is 7.11 Å². The van der Waals surface area contributed by atoms with E-state index < -0.39 is 0 Å². The van der Waals surface area contributed by atoms with Crippen LogP contribution in [0.4, 0.5) is 0 Å². The van der Waals surface area contributed by atoms with Crippen molar-refractivity contribution >= 4 is 12.4 Å². The molecule has 0 aromatic heterocycles. The van der Waals surface area contributed by atoms with Gasteiger partial charge in [0.15, 0.2) is 0 Å². The van der Waals surface area contributed by atoms with Crippen LogP contribution in [0.2, 0.25) is 0 Å². The highest BCUT2D eigenvalue weighted by molar-refractivity contribution is 5.85. The van der Waals surface area contributed by atoms with Crippen molar-refractivity contribution in [3.63, 3.8) is 0 Å². The van der Waals surface area contributed by atoms with Gasteiger partial charge in [0.25, 0.3) is 0 Å². The van der Waals surface area contributed by atoms with Gasteiger partial charge in [0.2, 0.25) is 0 Å². The van der Waals surface area contributed by atoms with Crippen LogP contribution >= 0.6 is 12.4 Å². The molecule has 2 rings (SSSR count). The predicted molar refractivity (Wildman–Crippen MR) is 107 cm³/mol. The lowest BCUT2D eigenvalue weighted by Crippen LogP contribution is -2.13. The Kier molecular flexibility index (Phi) is 10.0. The van der Waals surface area contributed by atoms with Gasteiger partial charge in [0.1, 0.15) is 11.5 Å². The van der Waals surface area contributed by atoms with Crippen LogP contribution < -0.4 is 9.47 Å². The molecule has 0 saturated carbocycles. The van der Waals surface area contributed by atoms with E-state index in [0.717, 1.165) is 50.3 Å². The lowest BCUT2D eigenvalue weighted by atomic mass is 10.0. The summed E-state index contributed by atoms with van der Waals surface area (Å²) in [5, 5.41) is 0. The Morgan fingerprint density at radius 1 is 0.800 bits per heavy atom. The van der Waals surface area contributed by atoms with E-state index in [0.29, 0.717) is 0 Å². The molecule has 3 nitrogen and oxygen atoms in total. The maximum atomic E-state index is 6.01. The third kappa shape index (κ3) is 7.37. The van der Waals surface area contributed by atoms with Gasteiger partial charge in [-0.1, -0.05) is 36.4 Å². The van der Waals surface area contributed by atoms with Gasteiger partial charge in [-0.25, -0.2) is 0 Å². The summed E-state index contributed by atoms with van der Waals surface area (Å²) in [7, 11) is 5.94. The molecule has 0 bridgehead atoms. The monoisotopic (exact) mass is 363 g/mol. The highest BCUT2D eigenvalue weighted by atomic mass is 35.5. The minimum atomic E-state index is 0. The van der Waals surface area contributed by atoms with Crippen molar-refractivity contribution in [2.45, 2.75) is 25.7 Å². The molecule has 0 spiro atoms. The number of aryl methyl sites for hydroxylation is 2. The lowest BCUT2D eigenvalue weighted by Gasteiger charge is -2.13. The fraction of sp³-hybridized carbons (Fsp3) is 0.429. The standard InChI is InChI=1S/C21H29NO2.ClH/c1-22(2)16-8-9-17-24-21-13-7-5-11-19(21)15-14-18-10-4-6-12-20(18)23-3;/h4-7,10-13H,8-9,14-17H2,1-3H3;1H. The van der Waals surface area contributed by atoms with Gasteiger partial charge in [-0.2, -0.15) is 0 Å². The third-order valence-corrected chi connectivity index (χ3v) is 4.09. The Balaban J connectivity index is 0.00000312. The topological polar surface area (TPSA) is 21.7 Å². The lowest BCUT2D eigenvalue weighted by molar-refractivity contribution is 0.290. The number of ether oxygens (including phenoxy) is 2. The average Bonchev–Trinajstić information content (AvgIpc) is 2.60. The Morgan fingerprint density at radius 3 is 1.96 bits per heavy atom. The van der Waals surface area contributed by atoms with Gasteiger partial charge in [0.05, 0.1) is 13.7 Å². The Labute approximate surface area is 158 Å². The number of hydrogen-bond acceptors (Lipinski definition) is 3. The smallest absolute Gasteiger partial charge is 0.122 e. The van der Waals surface area contributed by atoms with Crippen molar-refractivity contribution in [3.05, 3.63) is 59.7 Å². The maximum Gasteiger partial charge on any atom is 0.122 e. The number of hydrogen-bond donors (Lipinski definition) is 0. The van der Waals surface area contributed by atoms with Crippen molar-refractivity contribution in [3.8, 4) is 11.5 Å². The molecule has 2 aromatic rings. The molecule has 0 unspecified atom stereocenters. The number of unbranched alkanes of at least 4 members (excludes halogenated alkanes) is 1. The van der Waals surface area contributed by atoms with E-state index in [1.165, 1.54) is 11.1 Å². The first-order valence-corrected chi connectivity index (χ1v) is 8.68. The quantitative estimate of drug-likeness (QED) is 0.575. The normalized spacial score (nSPS) is 10.4. The molecule has 25 heavy (non-hydrogen) atoms. The molecular weight excluding hydrogens is 334 g/mol. The van der Waals surface area contributed by atoms with Crippen LogP contribution in [0.25, 0.3) is 0 Å². The fourth-order valence-corrected chi connectivity index (χ4v) is 2.74. The second-order valence-electron chi connectivity index (χ2n) is 6.28. The van der Waals surface area contributed by atoms with Crippen molar-refractivity contribution in [2.75, 3.05) is 34.4 Å². The van der Waals surface area contributed by atoms with Gasteiger partial charge < -0.3 is 14.4 Å². The van der Waals surface area contributed by atoms with Crippen LogP contribution in [0.3, 0.4) is 0 Å². The zero-order chi connectivity index (χ0) is 17.2. The number of rotatable bonds is 10. The van der Waals surface area contributed by atoms with Crippen molar-refractivity contribution < 1.29 is 9.47 Å². The van der Waals surface area contributed by atoms with Gasteiger partial charge in [-0.15, -0.1) is 12.4 Å². The van der Waals surface area contributed by atoms with Gasteiger partial charge >= 0.3 is 0 Å². The molecule has 0 fully saturated rings. The average molecular weight is 364 g/mol. The van der Waals surface area contributed by atoms with Crippen LogP contribution in [0.5, 0.6) is 11.5 Å². The van der Waals surface area contributed by atoms with Gasteiger partial charge in [0, 0.05) is 0 Å². The van der Waals surface area contributed by atoms with Crippen LogP contribution in [0.15, 0.2) is 48.5 Å². The molecule has 0 heterocycles. The second-order valence-corrected chi connectivity index (χ2v) is 6.28. The third-order valence-electron chi connectivity index (χ3n) is 4.09. The molecule has 0 amide bonds. The highest BCUT2D eigenvalue weighted by Crippen LogP contribution is 2.23. The van der Waals surface area contributed by atoms with Crippen LogP contribution in [0, 0.1) is 0 Å². The van der Waals surface area contributed by atoms with Gasteiger partial charge in [-0.3, -0.25) is 0 Å². The Bertz CT molecular complexity index is 616. The van der Waals surface area contributed by atoms with Crippen LogP contribution in [-0.2, 0) is 12.8 Å². The van der Waals surface area contributed by atoms with E-state index in [2.05, 4.69) is 49.3 Å². The SMILES string of the molecule is COc1ccccc1CCc1ccccc1OCCCCN(C)C.Cl. The fourth-order valence-electron chi connectivity index (χ4n) is 2.74. The molecule has 0 aliphatic carbocycles. The second kappa shape index (κ2) is 11.8. The zero-order valence-corrected chi connectivity index (χ0v) is 16.3. The van der Waals surface area contributed by atoms with Crippen molar-refractivity contribution in [1.29, 1.82) is 0 Å². The molecule has 0 aliphatic rings.